The molecule has 0 aromatic carbocycles. The first-order valence-corrected chi connectivity index (χ1v) is 4.88. The summed E-state index contributed by atoms with van der Waals surface area (Å²) in [5.41, 5.74) is 6.86. The lowest BCUT2D eigenvalue weighted by atomic mass is 10.1. The van der Waals surface area contributed by atoms with Gasteiger partial charge in [-0.1, -0.05) is 18.5 Å². The van der Waals surface area contributed by atoms with E-state index in [2.05, 4.69) is 20.9 Å². The molecule has 0 bridgehead atoms. The van der Waals surface area contributed by atoms with E-state index in [0.717, 1.165) is 16.5 Å². The molecule has 0 unspecified atom stereocenters. The molecule has 0 aliphatic heterocycles. The summed E-state index contributed by atoms with van der Waals surface area (Å²) in [6.45, 7) is 2.03. The molecule has 1 atom stereocenters. The molecule has 0 aliphatic carbocycles. The van der Waals surface area contributed by atoms with Crippen molar-refractivity contribution in [1.82, 2.24) is 4.98 Å². The number of aromatic nitrogens is 1. The van der Waals surface area contributed by atoms with Crippen molar-refractivity contribution in [3.05, 3.63) is 27.5 Å². The maximum absolute atomic E-state index is 5.85. The van der Waals surface area contributed by atoms with E-state index >= 15 is 0 Å². The third-order valence-electron chi connectivity index (χ3n) is 1.69. The van der Waals surface area contributed by atoms with E-state index in [-0.39, 0.29) is 6.04 Å². The standard InChI is InChI=1S/C8H10BrClN2/c1-2-7(11)5-3-8(10)12-4-6(5)9/h3-4,7H,2,11H2,1H3/t7-/m0/s1. The average Bonchev–Trinajstić information content (AvgIpc) is 2.08. The third-order valence-corrected chi connectivity index (χ3v) is 2.56. The van der Waals surface area contributed by atoms with Crippen molar-refractivity contribution in [2.45, 2.75) is 19.4 Å². The smallest absolute Gasteiger partial charge is 0.129 e. The number of pyridine rings is 1. The summed E-state index contributed by atoms with van der Waals surface area (Å²) in [6.07, 6.45) is 2.56. The molecule has 2 N–H and O–H groups in total. The lowest BCUT2D eigenvalue weighted by molar-refractivity contribution is 0.694. The zero-order chi connectivity index (χ0) is 9.14. The van der Waals surface area contributed by atoms with Gasteiger partial charge in [-0.2, -0.15) is 0 Å². The maximum Gasteiger partial charge on any atom is 0.129 e. The van der Waals surface area contributed by atoms with Crippen molar-refractivity contribution >= 4 is 27.5 Å². The Bertz CT molecular complexity index is 278. The molecule has 1 aromatic heterocycles. The number of nitrogens with two attached hydrogens (primary N) is 1. The van der Waals surface area contributed by atoms with Crippen LogP contribution in [0.15, 0.2) is 16.7 Å². The highest BCUT2D eigenvalue weighted by Crippen LogP contribution is 2.25. The third kappa shape index (κ3) is 2.19. The van der Waals surface area contributed by atoms with Gasteiger partial charge in [-0.25, -0.2) is 4.98 Å². The van der Waals surface area contributed by atoms with Crippen LogP contribution in [0.3, 0.4) is 0 Å². The molecule has 0 fully saturated rings. The van der Waals surface area contributed by atoms with Crippen LogP contribution in [0.25, 0.3) is 0 Å². The second kappa shape index (κ2) is 4.21. The molecule has 0 spiro atoms. The van der Waals surface area contributed by atoms with Crippen LogP contribution in [0.2, 0.25) is 5.15 Å². The second-order valence-corrected chi connectivity index (χ2v) is 3.78. The molecule has 12 heavy (non-hydrogen) atoms. The van der Waals surface area contributed by atoms with Crippen LogP contribution in [-0.4, -0.2) is 4.98 Å². The fourth-order valence-electron chi connectivity index (χ4n) is 0.931. The Labute approximate surface area is 85.3 Å². The molecule has 1 rings (SSSR count). The van der Waals surface area contributed by atoms with Crippen molar-refractivity contribution < 1.29 is 0 Å². The van der Waals surface area contributed by atoms with E-state index in [9.17, 15) is 0 Å². The van der Waals surface area contributed by atoms with E-state index < -0.39 is 0 Å². The van der Waals surface area contributed by atoms with E-state index in [0.29, 0.717) is 5.15 Å². The highest BCUT2D eigenvalue weighted by Gasteiger charge is 2.08. The molecule has 0 amide bonds. The van der Waals surface area contributed by atoms with Gasteiger partial charge in [0.05, 0.1) is 0 Å². The Kier molecular flexibility index (Phi) is 3.50. The van der Waals surface area contributed by atoms with Crippen LogP contribution in [0.1, 0.15) is 24.9 Å². The largest absolute Gasteiger partial charge is 0.324 e. The Balaban J connectivity index is 3.04. The SMILES string of the molecule is CC[C@H](N)c1cc(Cl)ncc1Br. The van der Waals surface area contributed by atoms with Crippen LogP contribution in [0.5, 0.6) is 0 Å². The summed E-state index contributed by atoms with van der Waals surface area (Å²) in [4.78, 5) is 3.92. The fraction of sp³-hybridized carbons (Fsp3) is 0.375. The van der Waals surface area contributed by atoms with Gasteiger partial charge in [0.25, 0.3) is 0 Å². The molecule has 4 heteroatoms. The van der Waals surface area contributed by atoms with Crippen LogP contribution in [-0.2, 0) is 0 Å². The summed E-state index contributed by atoms with van der Waals surface area (Å²) in [6, 6.07) is 1.82. The van der Waals surface area contributed by atoms with Crippen molar-refractivity contribution in [3.63, 3.8) is 0 Å². The first kappa shape index (κ1) is 9.96. The highest BCUT2D eigenvalue weighted by atomic mass is 79.9. The normalized spacial score (nSPS) is 13.0. The predicted octanol–water partition coefficient (Wildman–Crippen LogP) is 2.91. The monoisotopic (exact) mass is 248 g/mol. The van der Waals surface area contributed by atoms with Crippen LogP contribution in [0, 0.1) is 0 Å². The number of hydrogen-bond acceptors (Lipinski definition) is 2. The quantitative estimate of drug-likeness (QED) is 0.819. The minimum absolute atomic E-state index is 0.0277. The lowest BCUT2D eigenvalue weighted by Gasteiger charge is -2.10. The van der Waals surface area contributed by atoms with Gasteiger partial charge in [-0.15, -0.1) is 0 Å². The maximum atomic E-state index is 5.85. The topological polar surface area (TPSA) is 38.9 Å². The summed E-state index contributed by atoms with van der Waals surface area (Å²) >= 11 is 9.10. The molecule has 2 nitrogen and oxygen atoms in total. The van der Waals surface area contributed by atoms with Gasteiger partial charge in [-0.3, -0.25) is 0 Å². The molecule has 0 aliphatic rings. The van der Waals surface area contributed by atoms with Gasteiger partial charge < -0.3 is 5.73 Å². The summed E-state index contributed by atoms with van der Waals surface area (Å²) in [5.74, 6) is 0. The first-order chi connectivity index (χ1) is 5.65. The van der Waals surface area contributed by atoms with Gasteiger partial charge >= 0.3 is 0 Å². The Morgan fingerprint density at radius 1 is 1.75 bits per heavy atom. The van der Waals surface area contributed by atoms with Crippen molar-refractivity contribution in [2.75, 3.05) is 0 Å². The molecule has 0 radical (unpaired) electrons. The van der Waals surface area contributed by atoms with E-state index in [1.54, 1.807) is 12.3 Å². The van der Waals surface area contributed by atoms with Crippen LogP contribution >= 0.6 is 27.5 Å². The predicted molar refractivity (Wildman–Crippen MR) is 54.2 cm³/mol. The van der Waals surface area contributed by atoms with E-state index in [1.165, 1.54) is 0 Å². The van der Waals surface area contributed by atoms with Gasteiger partial charge in [-0.05, 0) is 34.0 Å². The Morgan fingerprint density at radius 3 is 3.00 bits per heavy atom. The minimum atomic E-state index is 0.0277. The Morgan fingerprint density at radius 2 is 2.42 bits per heavy atom. The molecular weight excluding hydrogens is 239 g/mol. The number of hydrogen-bond donors (Lipinski definition) is 1. The Hall–Kier alpha value is -0.120. The van der Waals surface area contributed by atoms with Gasteiger partial charge in [0, 0.05) is 16.7 Å². The van der Waals surface area contributed by atoms with Gasteiger partial charge in [0.2, 0.25) is 0 Å². The van der Waals surface area contributed by atoms with E-state index in [4.69, 9.17) is 17.3 Å². The van der Waals surface area contributed by atoms with Crippen molar-refractivity contribution in [2.24, 2.45) is 5.73 Å². The number of halogens is 2. The second-order valence-electron chi connectivity index (χ2n) is 2.54. The average molecular weight is 250 g/mol. The molecule has 0 saturated heterocycles. The molecule has 1 aromatic rings. The van der Waals surface area contributed by atoms with E-state index in [1.807, 2.05) is 6.92 Å². The summed E-state index contributed by atoms with van der Waals surface area (Å²) < 4.78 is 0.918. The van der Waals surface area contributed by atoms with Crippen LogP contribution < -0.4 is 5.73 Å². The van der Waals surface area contributed by atoms with Crippen molar-refractivity contribution in [1.29, 1.82) is 0 Å². The molecule has 0 saturated carbocycles. The fourth-order valence-corrected chi connectivity index (χ4v) is 1.61. The molecule has 66 valence electrons. The number of rotatable bonds is 2. The zero-order valence-electron chi connectivity index (χ0n) is 6.72. The van der Waals surface area contributed by atoms with Crippen molar-refractivity contribution in [3.8, 4) is 0 Å². The minimum Gasteiger partial charge on any atom is -0.324 e. The summed E-state index contributed by atoms with van der Waals surface area (Å²) in [7, 11) is 0. The highest BCUT2D eigenvalue weighted by molar-refractivity contribution is 9.10. The summed E-state index contributed by atoms with van der Waals surface area (Å²) in [5, 5.41) is 0.483. The number of nitrogens with zero attached hydrogens (tertiary/aromatic N) is 1. The lowest BCUT2D eigenvalue weighted by Crippen LogP contribution is -2.09. The molecule has 1 heterocycles. The van der Waals surface area contributed by atoms with Gasteiger partial charge in [0.1, 0.15) is 5.15 Å². The molecular formula is C8H10BrClN2. The first-order valence-electron chi connectivity index (χ1n) is 3.71. The zero-order valence-corrected chi connectivity index (χ0v) is 9.06. The van der Waals surface area contributed by atoms with Gasteiger partial charge in [0.15, 0.2) is 0 Å². The van der Waals surface area contributed by atoms with Crippen LogP contribution in [0.4, 0.5) is 0 Å².